The smallest absolute Gasteiger partial charge is 0.0311 e. The first-order chi connectivity index (χ1) is 6.72. The van der Waals surface area contributed by atoms with E-state index in [1.165, 1.54) is 24.0 Å². The molecule has 1 aromatic carbocycles. The molecular weight excluding hydrogens is 192 g/mol. The van der Waals surface area contributed by atoms with Crippen LogP contribution in [0.25, 0.3) is 0 Å². The van der Waals surface area contributed by atoms with Crippen LogP contribution in [-0.4, -0.2) is 5.38 Å². The zero-order valence-electron chi connectivity index (χ0n) is 9.09. The van der Waals surface area contributed by atoms with Gasteiger partial charge in [-0.25, -0.2) is 0 Å². The predicted molar refractivity (Wildman–Crippen MR) is 64.1 cm³/mol. The quantitative estimate of drug-likeness (QED) is 0.639. The van der Waals surface area contributed by atoms with Crippen molar-refractivity contribution in [1.82, 2.24) is 0 Å². The molecule has 0 fully saturated rings. The van der Waals surface area contributed by atoms with E-state index in [0.29, 0.717) is 0 Å². The van der Waals surface area contributed by atoms with Crippen molar-refractivity contribution >= 4 is 11.6 Å². The van der Waals surface area contributed by atoms with Crippen LogP contribution in [0.2, 0.25) is 0 Å². The van der Waals surface area contributed by atoms with Gasteiger partial charge in [0.1, 0.15) is 0 Å². The van der Waals surface area contributed by atoms with Crippen LogP contribution >= 0.6 is 11.6 Å². The first-order valence-electron chi connectivity index (χ1n) is 5.44. The van der Waals surface area contributed by atoms with E-state index in [4.69, 9.17) is 11.6 Å². The summed E-state index contributed by atoms with van der Waals surface area (Å²) in [5.41, 5.74) is 2.87. The molecule has 0 saturated carbocycles. The number of alkyl halides is 1. The molecule has 0 aliphatic carbocycles. The highest BCUT2D eigenvalue weighted by molar-refractivity contribution is 6.20. The molecule has 0 aromatic heterocycles. The number of rotatable bonds is 5. The van der Waals surface area contributed by atoms with Crippen molar-refractivity contribution in [2.24, 2.45) is 0 Å². The van der Waals surface area contributed by atoms with Gasteiger partial charge in [-0.15, -0.1) is 11.6 Å². The minimum atomic E-state index is 0.282. The molecule has 0 saturated heterocycles. The minimum absolute atomic E-state index is 0.282. The zero-order valence-corrected chi connectivity index (χ0v) is 9.85. The molecule has 0 nitrogen and oxygen atoms in total. The van der Waals surface area contributed by atoms with Crippen LogP contribution in [0.15, 0.2) is 24.3 Å². The van der Waals surface area contributed by atoms with Gasteiger partial charge in [-0.3, -0.25) is 0 Å². The largest absolute Gasteiger partial charge is 0.123 e. The Bertz CT molecular complexity index is 266. The lowest BCUT2D eigenvalue weighted by molar-refractivity contribution is 0.800. The molecule has 0 heterocycles. The molecule has 0 aliphatic rings. The molecule has 1 rings (SSSR count). The van der Waals surface area contributed by atoms with Crippen molar-refractivity contribution in [2.75, 3.05) is 0 Å². The molecule has 0 amide bonds. The van der Waals surface area contributed by atoms with Crippen molar-refractivity contribution in [3.05, 3.63) is 35.4 Å². The lowest BCUT2D eigenvalue weighted by Crippen LogP contribution is -1.95. The van der Waals surface area contributed by atoms with E-state index in [2.05, 4.69) is 38.1 Å². The first kappa shape index (κ1) is 11.6. The lowest BCUT2D eigenvalue weighted by Gasteiger charge is -2.05. The van der Waals surface area contributed by atoms with E-state index in [0.717, 1.165) is 12.8 Å². The summed E-state index contributed by atoms with van der Waals surface area (Å²) in [6, 6.07) is 8.86. The van der Waals surface area contributed by atoms with Gasteiger partial charge in [-0.1, -0.05) is 37.6 Å². The van der Waals surface area contributed by atoms with E-state index in [1.807, 2.05) is 0 Å². The van der Waals surface area contributed by atoms with Crippen LogP contribution in [0.4, 0.5) is 0 Å². The fraction of sp³-hybridized carbons (Fsp3) is 0.538. The standard InChI is InChI=1S/C13H19Cl/c1-3-5-12-6-4-7-13(10-12)9-8-11(2)14/h4,6-7,10-11H,3,5,8-9H2,1-2H3. The zero-order chi connectivity index (χ0) is 10.4. The van der Waals surface area contributed by atoms with E-state index in [9.17, 15) is 0 Å². The Kier molecular flexibility index (Phi) is 5.03. The van der Waals surface area contributed by atoms with Crippen LogP contribution in [0.1, 0.15) is 37.8 Å². The maximum atomic E-state index is 5.93. The molecule has 1 heteroatoms. The number of benzene rings is 1. The van der Waals surface area contributed by atoms with Crippen molar-refractivity contribution < 1.29 is 0 Å². The first-order valence-corrected chi connectivity index (χ1v) is 5.88. The minimum Gasteiger partial charge on any atom is -0.123 e. The van der Waals surface area contributed by atoms with Crippen LogP contribution in [0, 0.1) is 0 Å². The Labute approximate surface area is 92.3 Å². The Hall–Kier alpha value is -0.490. The lowest BCUT2D eigenvalue weighted by atomic mass is 10.0. The Morgan fingerprint density at radius 1 is 1.21 bits per heavy atom. The van der Waals surface area contributed by atoms with Crippen molar-refractivity contribution in [2.45, 2.75) is 44.9 Å². The van der Waals surface area contributed by atoms with Gasteiger partial charge in [0.2, 0.25) is 0 Å². The van der Waals surface area contributed by atoms with E-state index >= 15 is 0 Å². The molecule has 78 valence electrons. The van der Waals surface area contributed by atoms with Crippen LogP contribution in [0.3, 0.4) is 0 Å². The molecule has 0 radical (unpaired) electrons. The number of halogens is 1. The average Bonchev–Trinajstić information content (AvgIpc) is 2.16. The van der Waals surface area contributed by atoms with Crippen molar-refractivity contribution in [3.63, 3.8) is 0 Å². The molecule has 1 aromatic rings. The normalized spacial score (nSPS) is 12.8. The van der Waals surface area contributed by atoms with Gasteiger partial charge in [-0.05, 0) is 37.3 Å². The topological polar surface area (TPSA) is 0 Å². The van der Waals surface area contributed by atoms with E-state index in [-0.39, 0.29) is 5.38 Å². The summed E-state index contributed by atoms with van der Waals surface area (Å²) >= 11 is 5.93. The fourth-order valence-corrected chi connectivity index (χ4v) is 1.70. The van der Waals surface area contributed by atoms with E-state index in [1.54, 1.807) is 0 Å². The average molecular weight is 211 g/mol. The van der Waals surface area contributed by atoms with Crippen LogP contribution in [-0.2, 0) is 12.8 Å². The molecule has 0 aliphatic heterocycles. The van der Waals surface area contributed by atoms with Gasteiger partial charge in [0.25, 0.3) is 0 Å². The molecule has 0 bridgehead atoms. The highest BCUT2D eigenvalue weighted by Crippen LogP contribution is 2.12. The predicted octanol–water partition coefficient (Wildman–Crippen LogP) is 4.20. The Balaban J connectivity index is 2.54. The number of aryl methyl sites for hydroxylation is 2. The van der Waals surface area contributed by atoms with Gasteiger partial charge in [0.15, 0.2) is 0 Å². The second kappa shape index (κ2) is 6.08. The third-order valence-corrected chi connectivity index (χ3v) is 2.58. The Morgan fingerprint density at radius 3 is 2.43 bits per heavy atom. The third kappa shape index (κ3) is 4.15. The van der Waals surface area contributed by atoms with E-state index < -0.39 is 0 Å². The summed E-state index contributed by atoms with van der Waals surface area (Å²) in [7, 11) is 0. The monoisotopic (exact) mass is 210 g/mol. The van der Waals surface area contributed by atoms with Gasteiger partial charge in [0.05, 0.1) is 0 Å². The maximum absolute atomic E-state index is 5.93. The second-order valence-corrected chi connectivity index (χ2v) is 4.63. The van der Waals surface area contributed by atoms with Crippen LogP contribution in [0.5, 0.6) is 0 Å². The molecule has 0 spiro atoms. The number of hydrogen-bond donors (Lipinski definition) is 0. The highest BCUT2D eigenvalue weighted by Gasteiger charge is 1.99. The molecular formula is C13H19Cl. The summed E-state index contributed by atoms with van der Waals surface area (Å²) < 4.78 is 0. The molecule has 0 N–H and O–H groups in total. The molecule has 14 heavy (non-hydrogen) atoms. The summed E-state index contributed by atoms with van der Waals surface area (Å²) in [6.07, 6.45) is 4.57. The van der Waals surface area contributed by atoms with Gasteiger partial charge >= 0.3 is 0 Å². The second-order valence-electron chi connectivity index (χ2n) is 3.89. The SMILES string of the molecule is CCCc1cccc(CCC(C)Cl)c1. The maximum Gasteiger partial charge on any atom is 0.0311 e. The summed E-state index contributed by atoms with van der Waals surface area (Å²) in [5.74, 6) is 0. The van der Waals surface area contributed by atoms with Gasteiger partial charge < -0.3 is 0 Å². The summed E-state index contributed by atoms with van der Waals surface area (Å²) in [4.78, 5) is 0. The van der Waals surface area contributed by atoms with Gasteiger partial charge in [-0.2, -0.15) is 0 Å². The van der Waals surface area contributed by atoms with Crippen molar-refractivity contribution in [1.29, 1.82) is 0 Å². The third-order valence-electron chi connectivity index (χ3n) is 2.36. The summed E-state index contributed by atoms with van der Waals surface area (Å²) in [6.45, 7) is 4.27. The van der Waals surface area contributed by atoms with Gasteiger partial charge in [0, 0.05) is 5.38 Å². The van der Waals surface area contributed by atoms with Crippen molar-refractivity contribution in [3.8, 4) is 0 Å². The molecule has 1 atom stereocenters. The van der Waals surface area contributed by atoms with Crippen LogP contribution < -0.4 is 0 Å². The highest BCUT2D eigenvalue weighted by atomic mass is 35.5. The summed E-state index contributed by atoms with van der Waals surface area (Å²) in [5, 5.41) is 0.282. The number of hydrogen-bond acceptors (Lipinski definition) is 0. The fourth-order valence-electron chi connectivity index (χ4n) is 1.59. The molecule has 1 unspecified atom stereocenters. The Morgan fingerprint density at radius 2 is 1.86 bits per heavy atom.